The lowest BCUT2D eigenvalue weighted by Crippen LogP contribution is -2.15. The second-order valence-electron chi connectivity index (χ2n) is 5.36. The first kappa shape index (κ1) is 16.3. The number of rotatable bonds is 4. The molecule has 0 fully saturated rings. The van der Waals surface area contributed by atoms with Gasteiger partial charge in [0.1, 0.15) is 16.6 Å². The van der Waals surface area contributed by atoms with Gasteiger partial charge in [-0.3, -0.25) is 4.79 Å². The second-order valence-corrected chi connectivity index (χ2v) is 6.22. The molecule has 3 aromatic rings. The standard InChI is InChI=1S/C18H14F2N2OS/c1-11-5-6-15(20)16(7-11)22-17(23)9-14-10-24-18(21-14)12-3-2-4-13(19)8-12/h2-8,10H,9H2,1H3,(H,22,23). The number of hydrogen-bond donors (Lipinski definition) is 1. The Bertz CT molecular complexity index is 892. The van der Waals surface area contributed by atoms with Crippen molar-refractivity contribution in [2.24, 2.45) is 0 Å². The van der Waals surface area contributed by atoms with E-state index in [4.69, 9.17) is 0 Å². The Morgan fingerprint density at radius 2 is 2.04 bits per heavy atom. The fraction of sp³-hybridized carbons (Fsp3) is 0.111. The lowest BCUT2D eigenvalue weighted by Gasteiger charge is -2.06. The zero-order chi connectivity index (χ0) is 17.1. The average molecular weight is 344 g/mol. The Hall–Kier alpha value is -2.60. The molecule has 1 N–H and O–H groups in total. The van der Waals surface area contributed by atoms with Gasteiger partial charge in [-0.15, -0.1) is 11.3 Å². The van der Waals surface area contributed by atoms with E-state index >= 15 is 0 Å². The van der Waals surface area contributed by atoms with Crippen LogP contribution < -0.4 is 5.32 Å². The lowest BCUT2D eigenvalue weighted by atomic mass is 10.2. The summed E-state index contributed by atoms with van der Waals surface area (Å²) in [6.07, 6.45) is 0.0270. The van der Waals surface area contributed by atoms with E-state index in [1.54, 1.807) is 29.6 Å². The molecule has 3 rings (SSSR count). The number of carbonyl (C=O) groups is 1. The summed E-state index contributed by atoms with van der Waals surface area (Å²) in [6.45, 7) is 1.82. The van der Waals surface area contributed by atoms with Gasteiger partial charge in [0.25, 0.3) is 0 Å². The van der Waals surface area contributed by atoms with Crippen molar-refractivity contribution in [2.45, 2.75) is 13.3 Å². The summed E-state index contributed by atoms with van der Waals surface area (Å²) in [7, 11) is 0. The molecule has 6 heteroatoms. The molecule has 1 aromatic heterocycles. The zero-order valence-electron chi connectivity index (χ0n) is 12.8. The predicted molar refractivity (Wildman–Crippen MR) is 91.0 cm³/mol. The van der Waals surface area contributed by atoms with E-state index in [2.05, 4.69) is 10.3 Å². The monoisotopic (exact) mass is 344 g/mol. The fourth-order valence-electron chi connectivity index (χ4n) is 2.24. The largest absolute Gasteiger partial charge is 0.323 e. The third kappa shape index (κ3) is 3.83. The molecule has 0 aliphatic carbocycles. The van der Waals surface area contributed by atoms with Crippen LogP contribution in [-0.4, -0.2) is 10.9 Å². The number of nitrogens with zero attached hydrogens (tertiary/aromatic N) is 1. The molecule has 3 nitrogen and oxygen atoms in total. The maximum Gasteiger partial charge on any atom is 0.230 e. The number of nitrogens with one attached hydrogen (secondary N) is 1. The first-order chi connectivity index (χ1) is 11.5. The van der Waals surface area contributed by atoms with Gasteiger partial charge >= 0.3 is 0 Å². The van der Waals surface area contributed by atoms with Gasteiger partial charge in [0.2, 0.25) is 5.91 Å². The van der Waals surface area contributed by atoms with Crippen LogP contribution in [0.3, 0.4) is 0 Å². The summed E-state index contributed by atoms with van der Waals surface area (Å²) in [4.78, 5) is 16.4. The van der Waals surface area contributed by atoms with Crippen LogP contribution in [0.5, 0.6) is 0 Å². The van der Waals surface area contributed by atoms with Crippen molar-refractivity contribution < 1.29 is 13.6 Å². The topological polar surface area (TPSA) is 42.0 Å². The van der Waals surface area contributed by atoms with Crippen molar-refractivity contribution in [3.63, 3.8) is 0 Å². The van der Waals surface area contributed by atoms with Gasteiger partial charge in [0.05, 0.1) is 17.8 Å². The molecular formula is C18H14F2N2OS. The minimum atomic E-state index is -0.479. The number of anilines is 1. The number of benzene rings is 2. The van der Waals surface area contributed by atoms with Crippen LogP contribution in [0.1, 0.15) is 11.3 Å². The van der Waals surface area contributed by atoms with E-state index in [0.29, 0.717) is 16.3 Å². The molecule has 1 heterocycles. The van der Waals surface area contributed by atoms with Gasteiger partial charge in [-0.1, -0.05) is 18.2 Å². The summed E-state index contributed by atoms with van der Waals surface area (Å²) >= 11 is 1.33. The Morgan fingerprint density at radius 1 is 1.21 bits per heavy atom. The summed E-state index contributed by atoms with van der Waals surface area (Å²) in [6, 6.07) is 10.7. The van der Waals surface area contributed by atoms with Gasteiger partial charge in [-0.05, 0) is 36.8 Å². The Balaban J connectivity index is 1.70. The van der Waals surface area contributed by atoms with E-state index in [9.17, 15) is 13.6 Å². The van der Waals surface area contributed by atoms with Crippen LogP contribution in [0.25, 0.3) is 10.6 Å². The number of aryl methyl sites for hydroxylation is 1. The van der Waals surface area contributed by atoms with E-state index in [0.717, 1.165) is 5.56 Å². The molecule has 2 aromatic carbocycles. The number of hydrogen-bond acceptors (Lipinski definition) is 3. The molecule has 0 bridgehead atoms. The smallest absolute Gasteiger partial charge is 0.230 e. The number of thiazole rings is 1. The lowest BCUT2D eigenvalue weighted by molar-refractivity contribution is -0.115. The highest BCUT2D eigenvalue weighted by Gasteiger charge is 2.11. The van der Waals surface area contributed by atoms with Gasteiger partial charge < -0.3 is 5.32 Å². The van der Waals surface area contributed by atoms with Gasteiger partial charge in [-0.2, -0.15) is 0 Å². The molecule has 1 amide bonds. The van der Waals surface area contributed by atoms with Gasteiger partial charge in [0, 0.05) is 10.9 Å². The van der Waals surface area contributed by atoms with Crippen LogP contribution in [0.2, 0.25) is 0 Å². The predicted octanol–water partition coefficient (Wildman–Crippen LogP) is 4.58. The molecule has 0 atom stereocenters. The molecule has 0 saturated heterocycles. The zero-order valence-corrected chi connectivity index (χ0v) is 13.7. The maximum absolute atomic E-state index is 13.7. The van der Waals surface area contributed by atoms with Crippen molar-refractivity contribution in [3.05, 3.63) is 70.7 Å². The summed E-state index contributed by atoms with van der Waals surface area (Å²) in [5, 5.41) is 4.93. The molecule has 0 aliphatic rings. The summed E-state index contributed by atoms with van der Waals surface area (Å²) in [5.74, 6) is -1.17. The first-order valence-corrected chi connectivity index (χ1v) is 8.15. The molecule has 0 aliphatic heterocycles. The summed E-state index contributed by atoms with van der Waals surface area (Å²) < 4.78 is 26.9. The Labute approximate surface area is 142 Å². The minimum absolute atomic E-state index is 0.0270. The Morgan fingerprint density at radius 3 is 2.83 bits per heavy atom. The van der Waals surface area contributed by atoms with Crippen LogP contribution in [0.15, 0.2) is 47.8 Å². The molecular weight excluding hydrogens is 330 g/mol. The van der Waals surface area contributed by atoms with Crippen molar-refractivity contribution >= 4 is 22.9 Å². The molecule has 0 spiro atoms. The molecule has 122 valence electrons. The molecule has 0 radical (unpaired) electrons. The second kappa shape index (κ2) is 6.88. The Kier molecular flexibility index (Phi) is 4.66. The maximum atomic E-state index is 13.7. The van der Waals surface area contributed by atoms with Crippen LogP contribution in [-0.2, 0) is 11.2 Å². The van der Waals surface area contributed by atoms with Crippen LogP contribution in [0, 0.1) is 18.6 Å². The van der Waals surface area contributed by atoms with E-state index in [-0.39, 0.29) is 23.8 Å². The highest BCUT2D eigenvalue weighted by atomic mass is 32.1. The van der Waals surface area contributed by atoms with Crippen molar-refractivity contribution in [2.75, 3.05) is 5.32 Å². The van der Waals surface area contributed by atoms with E-state index in [1.807, 2.05) is 6.92 Å². The first-order valence-electron chi connectivity index (χ1n) is 7.27. The average Bonchev–Trinajstić information content (AvgIpc) is 2.99. The quantitative estimate of drug-likeness (QED) is 0.753. The molecule has 24 heavy (non-hydrogen) atoms. The number of carbonyl (C=O) groups excluding carboxylic acids is 1. The number of amides is 1. The molecule has 0 unspecified atom stereocenters. The third-order valence-corrected chi connectivity index (χ3v) is 4.30. The SMILES string of the molecule is Cc1ccc(F)c(NC(=O)Cc2csc(-c3cccc(F)c3)n2)c1. The highest BCUT2D eigenvalue weighted by molar-refractivity contribution is 7.13. The van der Waals surface area contributed by atoms with Crippen molar-refractivity contribution in [1.29, 1.82) is 0 Å². The normalized spacial score (nSPS) is 10.6. The van der Waals surface area contributed by atoms with E-state index in [1.165, 1.54) is 29.5 Å². The van der Waals surface area contributed by atoms with E-state index < -0.39 is 5.82 Å². The van der Waals surface area contributed by atoms with Crippen molar-refractivity contribution in [3.8, 4) is 10.6 Å². The van der Waals surface area contributed by atoms with Crippen LogP contribution >= 0.6 is 11.3 Å². The third-order valence-electron chi connectivity index (χ3n) is 3.36. The highest BCUT2D eigenvalue weighted by Crippen LogP contribution is 2.24. The number of aromatic nitrogens is 1. The number of halogens is 2. The van der Waals surface area contributed by atoms with Gasteiger partial charge in [0.15, 0.2) is 0 Å². The van der Waals surface area contributed by atoms with Crippen molar-refractivity contribution in [1.82, 2.24) is 4.98 Å². The fourth-order valence-corrected chi connectivity index (χ4v) is 3.05. The van der Waals surface area contributed by atoms with Crippen LogP contribution in [0.4, 0.5) is 14.5 Å². The minimum Gasteiger partial charge on any atom is -0.323 e. The van der Waals surface area contributed by atoms with Gasteiger partial charge in [-0.25, -0.2) is 13.8 Å². The summed E-state index contributed by atoms with van der Waals surface area (Å²) in [5.41, 5.74) is 2.23. The molecule has 0 saturated carbocycles.